The molecule has 4 aromatic rings. The Hall–Kier alpha value is -3.56. The number of hydrogen-bond donors (Lipinski definition) is 4. The third kappa shape index (κ3) is 3.88. The highest BCUT2D eigenvalue weighted by Crippen LogP contribution is 2.28. The molecule has 9 heteroatoms. The zero-order valence-corrected chi connectivity index (χ0v) is 17.7. The molecule has 166 valence electrons. The summed E-state index contributed by atoms with van der Waals surface area (Å²) in [5.41, 5.74) is 8.72. The average molecular weight is 435 g/mol. The quantitative estimate of drug-likeness (QED) is 0.344. The molecule has 1 fully saturated rings. The van der Waals surface area contributed by atoms with Gasteiger partial charge >= 0.3 is 0 Å². The number of morpholine rings is 1. The van der Waals surface area contributed by atoms with Gasteiger partial charge in [0.05, 0.1) is 24.4 Å². The fourth-order valence-corrected chi connectivity index (χ4v) is 4.17. The number of H-pyrrole nitrogens is 1. The number of hydrogen-bond acceptors (Lipinski definition) is 7. The first-order chi connectivity index (χ1) is 15.6. The molecule has 2 aromatic carbocycles. The smallest absolute Gasteiger partial charge is 0.261 e. The van der Waals surface area contributed by atoms with E-state index in [4.69, 9.17) is 10.5 Å². The minimum atomic E-state index is -0.291. The summed E-state index contributed by atoms with van der Waals surface area (Å²) in [6.45, 7) is 5.48. The molecule has 3 heterocycles. The highest BCUT2D eigenvalue weighted by molar-refractivity contribution is 6.07. The van der Waals surface area contributed by atoms with Crippen molar-refractivity contribution >= 4 is 33.3 Å². The predicted octanol–water partition coefficient (Wildman–Crippen LogP) is 2.29. The molecule has 1 aliphatic heterocycles. The largest absolute Gasteiger partial charge is 0.508 e. The fourth-order valence-electron chi connectivity index (χ4n) is 4.17. The van der Waals surface area contributed by atoms with Crippen LogP contribution in [0.25, 0.3) is 27.5 Å². The van der Waals surface area contributed by atoms with Crippen molar-refractivity contribution in [3.05, 3.63) is 52.8 Å². The van der Waals surface area contributed by atoms with Gasteiger partial charge in [-0.25, -0.2) is 4.68 Å². The molecule has 0 atom stereocenters. The van der Waals surface area contributed by atoms with Gasteiger partial charge in [-0.3, -0.25) is 9.69 Å². The Labute approximate surface area is 184 Å². The average Bonchev–Trinajstić information content (AvgIpc) is 3.15. The summed E-state index contributed by atoms with van der Waals surface area (Å²) in [4.78, 5) is 18.1. The Kier molecular flexibility index (Phi) is 5.42. The number of nitrogen functional groups attached to an aromatic ring is 1. The number of nitrogens with one attached hydrogen (secondary N) is 2. The van der Waals surface area contributed by atoms with Crippen LogP contribution < -0.4 is 16.6 Å². The minimum absolute atomic E-state index is 0.101. The Bertz CT molecular complexity index is 1320. The van der Waals surface area contributed by atoms with E-state index >= 15 is 0 Å². The summed E-state index contributed by atoms with van der Waals surface area (Å²) in [5.74, 6) is 0.337. The molecule has 0 amide bonds. The van der Waals surface area contributed by atoms with Crippen molar-refractivity contribution in [3.8, 4) is 11.4 Å². The summed E-state index contributed by atoms with van der Waals surface area (Å²) in [5, 5.41) is 19.0. The molecule has 0 spiro atoms. The molecule has 5 rings (SSSR count). The molecule has 0 aliphatic carbocycles. The summed E-state index contributed by atoms with van der Waals surface area (Å²) in [6.07, 6.45) is 1.03. The van der Waals surface area contributed by atoms with Gasteiger partial charge in [-0.15, -0.1) is 0 Å². The number of rotatable bonds is 6. The van der Waals surface area contributed by atoms with E-state index < -0.39 is 0 Å². The van der Waals surface area contributed by atoms with Crippen LogP contribution in [0.5, 0.6) is 5.75 Å². The lowest BCUT2D eigenvalue weighted by molar-refractivity contribution is 0.0378. The van der Waals surface area contributed by atoms with Gasteiger partial charge in [0.2, 0.25) is 0 Å². The Morgan fingerprint density at radius 3 is 2.84 bits per heavy atom. The first-order valence-corrected chi connectivity index (χ1v) is 10.8. The normalized spacial score (nSPS) is 14.9. The second-order valence-electron chi connectivity index (χ2n) is 7.99. The van der Waals surface area contributed by atoms with Crippen LogP contribution in [0.15, 0.2) is 47.3 Å². The van der Waals surface area contributed by atoms with Crippen LogP contribution in [-0.4, -0.2) is 64.2 Å². The summed E-state index contributed by atoms with van der Waals surface area (Å²) in [7, 11) is 0. The molecule has 2 aromatic heterocycles. The van der Waals surface area contributed by atoms with Gasteiger partial charge in [0.1, 0.15) is 22.5 Å². The zero-order valence-electron chi connectivity index (χ0n) is 17.7. The zero-order chi connectivity index (χ0) is 22.1. The summed E-state index contributed by atoms with van der Waals surface area (Å²) >= 11 is 0. The van der Waals surface area contributed by atoms with Crippen LogP contribution in [-0.2, 0) is 4.74 Å². The van der Waals surface area contributed by atoms with E-state index in [9.17, 15) is 9.90 Å². The number of phenols is 1. The number of aromatic nitrogens is 3. The van der Waals surface area contributed by atoms with E-state index in [1.54, 1.807) is 24.3 Å². The van der Waals surface area contributed by atoms with Crippen molar-refractivity contribution in [2.45, 2.75) is 6.42 Å². The van der Waals surface area contributed by atoms with Gasteiger partial charge in [0, 0.05) is 36.8 Å². The number of ether oxygens (including phenoxy) is 1. The van der Waals surface area contributed by atoms with Crippen LogP contribution in [0, 0.1) is 0 Å². The van der Waals surface area contributed by atoms with Crippen LogP contribution in [0.2, 0.25) is 0 Å². The molecular formula is C23H26N6O3. The van der Waals surface area contributed by atoms with Crippen LogP contribution in [0.3, 0.4) is 0 Å². The topological polar surface area (TPSA) is 121 Å². The summed E-state index contributed by atoms with van der Waals surface area (Å²) < 4.78 is 6.87. The highest BCUT2D eigenvalue weighted by atomic mass is 16.5. The number of aromatic amines is 1. The van der Waals surface area contributed by atoms with Gasteiger partial charge < -0.3 is 25.9 Å². The third-order valence-corrected chi connectivity index (χ3v) is 5.83. The maximum absolute atomic E-state index is 12.8. The Morgan fingerprint density at radius 1 is 1.19 bits per heavy atom. The highest BCUT2D eigenvalue weighted by Gasteiger charge is 2.17. The van der Waals surface area contributed by atoms with Crippen LogP contribution >= 0.6 is 0 Å². The first kappa shape index (κ1) is 20.3. The Balaban J connectivity index is 1.40. The molecule has 9 nitrogen and oxygen atoms in total. The Morgan fingerprint density at radius 2 is 2.03 bits per heavy atom. The lowest BCUT2D eigenvalue weighted by Crippen LogP contribution is -2.37. The van der Waals surface area contributed by atoms with E-state index in [1.807, 2.05) is 18.2 Å². The standard InChI is InChI=1S/C23H26N6O3/c24-22-20-21(27-29(22)16-3-1-4-17(30)14-16)18-6-5-15(13-19(18)26-23(20)31)25-7-2-8-28-9-11-32-12-10-28/h1,3-6,13-14,25,30H,2,7-12,24H2,(H,26,31). The lowest BCUT2D eigenvalue weighted by Gasteiger charge is -2.26. The SMILES string of the molecule is Nc1c2c(=O)[nH]c3cc(NCCCN4CCOCC4)ccc3c2nn1-c1cccc(O)c1. The number of phenolic OH excluding ortho intramolecular Hbond substituents is 1. The lowest BCUT2D eigenvalue weighted by atomic mass is 10.1. The first-order valence-electron chi connectivity index (χ1n) is 10.8. The molecule has 0 bridgehead atoms. The molecule has 1 aliphatic rings. The van der Waals surface area contributed by atoms with Crippen LogP contribution in [0.1, 0.15) is 6.42 Å². The van der Waals surface area contributed by atoms with Gasteiger partial charge in [-0.1, -0.05) is 6.07 Å². The molecule has 0 unspecified atom stereocenters. The monoisotopic (exact) mass is 434 g/mol. The third-order valence-electron chi connectivity index (χ3n) is 5.83. The van der Waals surface area contributed by atoms with Crippen molar-refractivity contribution < 1.29 is 9.84 Å². The van der Waals surface area contributed by atoms with Crippen LogP contribution in [0.4, 0.5) is 11.5 Å². The van der Waals surface area contributed by atoms with Crippen molar-refractivity contribution in [3.63, 3.8) is 0 Å². The second kappa shape index (κ2) is 8.52. The number of anilines is 2. The van der Waals surface area contributed by atoms with Gasteiger partial charge in [-0.2, -0.15) is 5.10 Å². The van der Waals surface area contributed by atoms with Gasteiger partial charge in [0.25, 0.3) is 5.56 Å². The number of nitrogens with zero attached hydrogens (tertiary/aromatic N) is 3. The number of aromatic hydroxyl groups is 1. The van der Waals surface area contributed by atoms with E-state index in [0.29, 0.717) is 22.1 Å². The van der Waals surface area contributed by atoms with Crippen molar-refractivity contribution in [1.82, 2.24) is 19.7 Å². The van der Waals surface area contributed by atoms with E-state index in [1.165, 1.54) is 4.68 Å². The van der Waals surface area contributed by atoms with Gasteiger partial charge in [0.15, 0.2) is 0 Å². The molecule has 32 heavy (non-hydrogen) atoms. The van der Waals surface area contributed by atoms with Gasteiger partial charge in [-0.05, 0) is 43.3 Å². The molecule has 5 N–H and O–H groups in total. The fraction of sp³-hybridized carbons (Fsp3) is 0.304. The van der Waals surface area contributed by atoms with E-state index in [0.717, 1.165) is 56.9 Å². The number of nitrogens with two attached hydrogens (primary N) is 1. The number of pyridine rings is 1. The molecule has 1 saturated heterocycles. The maximum atomic E-state index is 12.8. The molecule has 0 saturated carbocycles. The second-order valence-corrected chi connectivity index (χ2v) is 7.99. The van der Waals surface area contributed by atoms with E-state index in [-0.39, 0.29) is 17.1 Å². The summed E-state index contributed by atoms with van der Waals surface area (Å²) in [6, 6.07) is 12.5. The van der Waals surface area contributed by atoms with E-state index in [2.05, 4.69) is 20.3 Å². The van der Waals surface area contributed by atoms with Crippen molar-refractivity contribution in [1.29, 1.82) is 0 Å². The maximum Gasteiger partial charge on any atom is 0.261 e. The molecule has 0 radical (unpaired) electrons. The van der Waals surface area contributed by atoms with Crippen molar-refractivity contribution in [2.24, 2.45) is 0 Å². The molecular weight excluding hydrogens is 408 g/mol. The predicted molar refractivity (Wildman–Crippen MR) is 126 cm³/mol. The minimum Gasteiger partial charge on any atom is -0.508 e. The van der Waals surface area contributed by atoms with Crippen molar-refractivity contribution in [2.75, 3.05) is 50.4 Å². The number of benzene rings is 2. The number of fused-ring (bicyclic) bond motifs is 3.